The van der Waals surface area contributed by atoms with Gasteiger partial charge in [0, 0.05) is 5.56 Å². The van der Waals surface area contributed by atoms with Crippen LogP contribution in [0.2, 0.25) is 0 Å². The third-order valence-corrected chi connectivity index (χ3v) is 6.37. The minimum Gasteiger partial charge on any atom is -0.507 e. The summed E-state index contributed by atoms with van der Waals surface area (Å²) in [5.41, 5.74) is 2.05. The third kappa shape index (κ3) is 5.72. The maximum atomic E-state index is 13.4. The molecule has 39 heavy (non-hydrogen) atoms. The summed E-state index contributed by atoms with van der Waals surface area (Å²) in [5.74, 6) is 0.00538. The molecule has 1 aromatic heterocycles. The number of ketones is 1. The molecule has 3 aromatic carbocycles. The average Bonchev–Trinajstić information content (AvgIpc) is 3.55. The molecule has 0 bridgehead atoms. The monoisotopic (exact) mass is 523 g/mol. The second-order valence-corrected chi connectivity index (χ2v) is 9.54. The molecule has 1 saturated heterocycles. The largest absolute Gasteiger partial charge is 0.507 e. The summed E-state index contributed by atoms with van der Waals surface area (Å²) in [6.45, 7) is 4.27. The van der Waals surface area contributed by atoms with Gasteiger partial charge >= 0.3 is 0 Å². The molecule has 0 radical (unpaired) electrons. The predicted molar refractivity (Wildman–Crippen MR) is 146 cm³/mol. The Labute approximate surface area is 226 Å². The fourth-order valence-electron chi connectivity index (χ4n) is 4.59. The first-order chi connectivity index (χ1) is 18.9. The van der Waals surface area contributed by atoms with Crippen molar-refractivity contribution in [2.45, 2.75) is 39.1 Å². The van der Waals surface area contributed by atoms with Gasteiger partial charge < -0.3 is 23.9 Å². The molecule has 1 amide bonds. The van der Waals surface area contributed by atoms with Crippen LogP contribution in [0.5, 0.6) is 11.5 Å². The molecule has 4 aromatic rings. The highest BCUT2D eigenvalue weighted by molar-refractivity contribution is 6.46. The van der Waals surface area contributed by atoms with Gasteiger partial charge in [-0.15, -0.1) is 0 Å². The lowest BCUT2D eigenvalue weighted by Gasteiger charge is -2.25. The van der Waals surface area contributed by atoms with Crippen molar-refractivity contribution >= 4 is 17.4 Å². The van der Waals surface area contributed by atoms with Gasteiger partial charge in [0.15, 0.2) is 0 Å². The summed E-state index contributed by atoms with van der Waals surface area (Å²) in [6, 6.07) is 26.4. The number of carbonyl (C=O) groups excluding carboxylic acids is 2. The molecule has 1 fully saturated rings. The van der Waals surface area contributed by atoms with E-state index in [4.69, 9.17) is 13.9 Å². The maximum absolute atomic E-state index is 13.4. The Morgan fingerprint density at radius 2 is 1.69 bits per heavy atom. The molecule has 1 atom stereocenters. The Hall–Kier alpha value is -4.78. The maximum Gasteiger partial charge on any atom is 0.296 e. The number of hydrogen-bond acceptors (Lipinski definition) is 6. The Morgan fingerprint density at radius 1 is 0.923 bits per heavy atom. The highest BCUT2D eigenvalue weighted by atomic mass is 16.5. The van der Waals surface area contributed by atoms with Gasteiger partial charge in [0.2, 0.25) is 0 Å². The summed E-state index contributed by atoms with van der Waals surface area (Å²) in [5, 5.41) is 11.4. The lowest BCUT2D eigenvalue weighted by atomic mass is 9.95. The van der Waals surface area contributed by atoms with Crippen LogP contribution in [0.3, 0.4) is 0 Å². The number of Topliss-reactive ketones (excluding diaryl/α,β-unsaturated/α-hetero) is 1. The van der Waals surface area contributed by atoms with E-state index in [1.807, 2.05) is 56.3 Å². The molecule has 2 heterocycles. The lowest BCUT2D eigenvalue weighted by Crippen LogP contribution is -2.29. The van der Waals surface area contributed by atoms with Crippen LogP contribution in [0, 0.1) is 0 Å². The van der Waals surface area contributed by atoms with Crippen molar-refractivity contribution in [1.29, 1.82) is 0 Å². The minimum atomic E-state index is -0.845. The molecule has 5 rings (SSSR count). The molecule has 1 aliphatic heterocycles. The van der Waals surface area contributed by atoms with E-state index in [2.05, 4.69) is 0 Å². The van der Waals surface area contributed by atoms with Crippen LogP contribution in [0.25, 0.3) is 5.76 Å². The number of carbonyl (C=O) groups is 2. The van der Waals surface area contributed by atoms with Crippen LogP contribution in [0.1, 0.15) is 42.3 Å². The normalized spacial score (nSPS) is 16.6. The summed E-state index contributed by atoms with van der Waals surface area (Å²) >= 11 is 0. The molecule has 7 heteroatoms. The zero-order valence-corrected chi connectivity index (χ0v) is 21.7. The first-order valence-corrected chi connectivity index (χ1v) is 12.8. The van der Waals surface area contributed by atoms with E-state index in [9.17, 15) is 14.7 Å². The van der Waals surface area contributed by atoms with E-state index in [1.165, 1.54) is 11.2 Å². The highest BCUT2D eigenvalue weighted by Gasteiger charge is 2.46. The van der Waals surface area contributed by atoms with Gasteiger partial charge in [-0.1, -0.05) is 42.5 Å². The Bertz CT molecular complexity index is 1470. The number of aliphatic hydroxyl groups is 1. The minimum absolute atomic E-state index is 0.00398. The molecule has 0 aliphatic carbocycles. The molecule has 1 aliphatic rings. The predicted octanol–water partition coefficient (Wildman–Crippen LogP) is 6.27. The van der Waals surface area contributed by atoms with Crippen molar-refractivity contribution in [1.82, 2.24) is 4.90 Å². The summed E-state index contributed by atoms with van der Waals surface area (Å²) in [6.07, 6.45) is 1.51. The quantitative estimate of drug-likeness (QED) is 0.158. The highest BCUT2D eigenvalue weighted by Crippen LogP contribution is 2.41. The molecule has 1 N–H and O–H groups in total. The topological polar surface area (TPSA) is 89.2 Å². The van der Waals surface area contributed by atoms with Crippen LogP contribution < -0.4 is 9.47 Å². The van der Waals surface area contributed by atoms with Crippen LogP contribution in [-0.4, -0.2) is 27.8 Å². The van der Waals surface area contributed by atoms with Gasteiger partial charge in [0.25, 0.3) is 11.7 Å². The number of ether oxygens (including phenoxy) is 2. The fraction of sp³-hybridized carbons (Fsp3) is 0.188. The van der Waals surface area contributed by atoms with Gasteiger partial charge in [-0.25, -0.2) is 0 Å². The zero-order valence-electron chi connectivity index (χ0n) is 21.7. The SMILES string of the molecule is CC(C)Oc1ccc(/C(O)=C2/C(=O)C(=O)N(Cc3ccco3)C2c2cccc(OCc3ccccc3)c2)cc1. The molecular formula is C32H29NO6. The molecule has 198 valence electrons. The molecular weight excluding hydrogens is 494 g/mol. The van der Waals surface area contributed by atoms with E-state index in [0.717, 1.165) is 5.56 Å². The van der Waals surface area contributed by atoms with Crippen molar-refractivity contribution < 1.29 is 28.6 Å². The van der Waals surface area contributed by atoms with Gasteiger partial charge in [-0.05, 0) is 73.5 Å². The van der Waals surface area contributed by atoms with Crippen molar-refractivity contribution in [3.8, 4) is 11.5 Å². The fourth-order valence-corrected chi connectivity index (χ4v) is 4.59. The van der Waals surface area contributed by atoms with Gasteiger partial charge in [0.1, 0.15) is 29.6 Å². The van der Waals surface area contributed by atoms with Crippen molar-refractivity contribution in [3.63, 3.8) is 0 Å². The second-order valence-electron chi connectivity index (χ2n) is 9.54. The van der Waals surface area contributed by atoms with Gasteiger partial charge in [0.05, 0.1) is 30.5 Å². The molecule has 1 unspecified atom stereocenters. The van der Waals surface area contributed by atoms with Gasteiger partial charge in [-0.2, -0.15) is 0 Å². The standard InChI is InChI=1S/C32H29NO6/c1-21(2)39-25-15-13-23(14-16-25)30(34)28-29(33(32(36)31(28)35)19-27-12-7-17-37-27)24-10-6-11-26(18-24)38-20-22-8-4-3-5-9-22/h3-18,21,29,34H,19-20H2,1-2H3/b30-28-. The van der Waals surface area contributed by atoms with Crippen LogP contribution in [0.15, 0.2) is 107 Å². The van der Waals surface area contributed by atoms with E-state index in [1.54, 1.807) is 48.5 Å². The Kier molecular flexibility index (Phi) is 7.50. The van der Waals surface area contributed by atoms with E-state index in [0.29, 0.717) is 35.0 Å². The van der Waals surface area contributed by atoms with Crippen molar-refractivity contribution in [2.24, 2.45) is 0 Å². The third-order valence-electron chi connectivity index (χ3n) is 6.37. The first kappa shape index (κ1) is 25.9. The summed E-state index contributed by atoms with van der Waals surface area (Å²) in [4.78, 5) is 28.0. The number of likely N-dealkylation sites (tertiary alicyclic amines) is 1. The van der Waals surface area contributed by atoms with Crippen molar-refractivity contribution in [2.75, 3.05) is 0 Å². The summed E-state index contributed by atoms with van der Waals surface area (Å²) < 4.78 is 17.2. The van der Waals surface area contributed by atoms with Crippen LogP contribution >= 0.6 is 0 Å². The van der Waals surface area contributed by atoms with E-state index >= 15 is 0 Å². The number of hydrogen-bond donors (Lipinski definition) is 1. The smallest absolute Gasteiger partial charge is 0.296 e. The molecule has 7 nitrogen and oxygen atoms in total. The Morgan fingerprint density at radius 3 is 2.38 bits per heavy atom. The number of nitrogens with zero attached hydrogens (tertiary/aromatic N) is 1. The van der Waals surface area contributed by atoms with Crippen LogP contribution in [0.4, 0.5) is 0 Å². The Balaban J connectivity index is 1.53. The molecule has 0 saturated carbocycles. The summed E-state index contributed by atoms with van der Waals surface area (Å²) in [7, 11) is 0. The number of furan rings is 1. The van der Waals surface area contributed by atoms with Gasteiger partial charge in [-0.3, -0.25) is 9.59 Å². The lowest BCUT2D eigenvalue weighted by molar-refractivity contribution is -0.140. The number of amides is 1. The van der Waals surface area contributed by atoms with E-state index in [-0.39, 0.29) is 24.0 Å². The number of benzene rings is 3. The van der Waals surface area contributed by atoms with Crippen molar-refractivity contribution in [3.05, 3.63) is 125 Å². The number of aliphatic hydroxyl groups excluding tert-OH is 1. The zero-order chi connectivity index (χ0) is 27.4. The first-order valence-electron chi connectivity index (χ1n) is 12.8. The average molecular weight is 524 g/mol. The molecule has 0 spiro atoms. The van der Waals surface area contributed by atoms with Crippen LogP contribution in [-0.2, 0) is 22.7 Å². The van der Waals surface area contributed by atoms with E-state index < -0.39 is 17.7 Å². The second kappa shape index (κ2) is 11.3. The number of rotatable bonds is 9.